The minimum atomic E-state index is -0.860. The number of benzene rings is 2. The number of nitrogens with one attached hydrogen (secondary N) is 1. The van der Waals surface area contributed by atoms with Crippen LogP contribution in [0.4, 0.5) is 15.8 Å². The summed E-state index contributed by atoms with van der Waals surface area (Å²) >= 11 is 0. The molecule has 0 aromatic heterocycles. The molecule has 0 amide bonds. The normalized spacial score (nSPS) is 11.7. The minimum Gasteiger partial charge on any atom is -0.489 e. The fourth-order valence-corrected chi connectivity index (χ4v) is 1.87. The number of nitrogens with zero attached hydrogens (tertiary/aromatic N) is 1. The first-order valence-electron chi connectivity index (χ1n) is 6.46. The lowest BCUT2D eigenvalue weighted by molar-refractivity contribution is -0.386. The van der Waals surface area contributed by atoms with E-state index >= 15 is 0 Å². The van der Waals surface area contributed by atoms with E-state index in [4.69, 9.17) is 4.74 Å². The molecule has 0 spiro atoms. The van der Waals surface area contributed by atoms with Crippen molar-refractivity contribution in [3.63, 3.8) is 0 Å². The first-order chi connectivity index (χ1) is 10.1. The fourth-order valence-electron chi connectivity index (χ4n) is 1.87. The quantitative estimate of drug-likeness (QED) is 0.652. The zero-order chi connectivity index (χ0) is 15.2. The van der Waals surface area contributed by atoms with Crippen LogP contribution in [0.2, 0.25) is 0 Å². The monoisotopic (exact) mass is 290 g/mol. The van der Waals surface area contributed by atoms with E-state index in [-0.39, 0.29) is 11.8 Å². The Morgan fingerprint density at radius 2 is 1.95 bits per heavy atom. The Balaban J connectivity index is 2.00. The van der Waals surface area contributed by atoms with Crippen molar-refractivity contribution in [3.8, 4) is 5.75 Å². The number of halogens is 1. The van der Waals surface area contributed by atoms with E-state index in [0.29, 0.717) is 12.3 Å². The molecule has 0 heterocycles. The van der Waals surface area contributed by atoms with Crippen LogP contribution in [-0.2, 0) is 0 Å². The van der Waals surface area contributed by atoms with Gasteiger partial charge in [0.05, 0.1) is 11.5 Å². The van der Waals surface area contributed by atoms with Crippen LogP contribution < -0.4 is 10.1 Å². The molecule has 110 valence electrons. The van der Waals surface area contributed by atoms with Crippen LogP contribution >= 0.6 is 0 Å². The lowest BCUT2D eigenvalue weighted by Gasteiger charge is -2.16. The smallest absolute Gasteiger partial charge is 0.327 e. The fraction of sp³-hybridized carbons (Fsp3) is 0.200. The van der Waals surface area contributed by atoms with Crippen LogP contribution in [0.25, 0.3) is 0 Å². The molecule has 2 aromatic rings. The number of ether oxygens (including phenoxy) is 1. The summed E-state index contributed by atoms with van der Waals surface area (Å²) in [6, 6.07) is 13.2. The van der Waals surface area contributed by atoms with E-state index in [9.17, 15) is 14.5 Å². The predicted octanol–water partition coefficient (Wildman–Crippen LogP) is 3.61. The Kier molecular flexibility index (Phi) is 4.71. The van der Waals surface area contributed by atoms with Gasteiger partial charge in [-0.3, -0.25) is 10.1 Å². The lowest BCUT2D eigenvalue weighted by atomic mass is 10.2. The molecule has 1 atom stereocenters. The van der Waals surface area contributed by atoms with Crippen molar-refractivity contribution in [2.75, 3.05) is 11.9 Å². The lowest BCUT2D eigenvalue weighted by Crippen LogP contribution is -2.23. The summed E-state index contributed by atoms with van der Waals surface area (Å²) < 4.78 is 19.1. The van der Waals surface area contributed by atoms with Gasteiger partial charge in [0.15, 0.2) is 0 Å². The van der Waals surface area contributed by atoms with Crippen LogP contribution in [0.15, 0.2) is 48.5 Å². The van der Waals surface area contributed by atoms with Crippen LogP contribution in [0.5, 0.6) is 5.75 Å². The number of para-hydroxylation sites is 2. The summed E-state index contributed by atoms with van der Waals surface area (Å²) in [4.78, 5) is 10.1. The Morgan fingerprint density at radius 3 is 2.62 bits per heavy atom. The van der Waals surface area contributed by atoms with E-state index in [1.807, 2.05) is 37.3 Å². The summed E-state index contributed by atoms with van der Waals surface area (Å²) in [7, 11) is 0. The molecule has 0 radical (unpaired) electrons. The largest absolute Gasteiger partial charge is 0.489 e. The summed E-state index contributed by atoms with van der Waals surface area (Å²) in [5, 5.41) is 13.7. The summed E-state index contributed by atoms with van der Waals surface area (Å²) in [6.45, 7) is 2.14. The summed E-state index contributed by atoms with van der Waals surface area (Å²) in [5.41, 5.74) is -0.409. The molecule has 0 aliphatic rings. The van der Waals surface area contributed by atoms with Crippen molar-refractivity contribution in [3.05, 3.63) is 64.5 Å². The van der Waals surface area contributed by atoms with Gasteiger partial charge in [-0.15, -0.1) is 0 Å². The number of nitro groups is 1. The molecule has 2 aromatic carbocycles. The highest BCUT2D eigenvalue weighted by molar-refractivity contribution is 5.61. The molecule has 0 saturated heterocycles. The van der Waals surface area contributed by atoms with Crippen LogP contribution in [0.1, 0.15) is 6.92 Å². The van der Waals surface area contributed by atoms with Gasteiger partial charge in [-0.2, -0.15) is 4.39 Å². The molecule has 6 heteroatoms. The van der Waals surface area contributed by atoms with E-state index in [0.717, 1.165) is 6.07 Å². The average molecular weight is 290 g/mol. The van der Waals surface area contributed by atoms with Crippen molar-refractivity contribution in [1.82, 2.24) is 0 Å². The van der Waals surface area contributed by atoms with E-state index in [1.165, 1.54) is 12.1 Å². The van der Waals surface area contributed by atoms with Gasteiger partial charge in [-0.05, 0) is 31.2 Å². The van der Waals surface area contributed by atoms with Gasteiger partial charge in [0.2, 0.25) is 5.82 Å². The number of hydrogen-bond acceptors (Lipinski definition) is 4. The Labute approximate surface area is 121 Å². The van der Waals surface area contributed by atoms with Crippen LogP contribution in [-0.4, -0.2) is 17.6 Å². The number of rotatable bonds is 6. The molecular weight excluding hydrogens is 275 g/mol. The maximum Gasteiger partial charge on any atom is 0.327 e. The molecule has 0 fully saturated rings. The molecule has 0 saturated carbocycles. The molecule has 21 heavy (non-hydrogen) atoms. The SMILES string of the molecule is CC(CNc1cccc(F)c1[N+](=O)[O-])Oc1ccccc1. The van der Waals surface area contributed by atoms with Gasteiger partial charge in [0.25, 0.3) is 0 Å². The third-order valence-corrected chi connectivity index (χ3v) is 2.83. The number of hydrogen-bond donors (Lipinski definition) is 1. The topological polar surface area (TPSA) is 64.4 Å². The van der Waals surface area contributed by atoms with E-state index in [2.05, 4.69) is 5.32 Å². The second kappa shape index (κ2) is 6.69. The third kappa shape index (κ3) is 3.92. The molecule has 2 rings (SSSR count). The second-order valence-corrected chi connectivity index (χ2v) is 4.52. The molecule has 0 aliphatic heterocycles. The van der Waals surface area contributed by atoms with Gasteiger partial charge >= 0.3 is 5.69 Å². The second-order valence-electron chi connectivity index (χ2n) is 4.52. The Bertz CT molecular complexity index is 620. The van der Waals surface area contributed by atoms with Crippen molar-refractivity contribution in [2.24, 2.45) is 0 Å². The average Bonchev–Trinajstić information content (AvgIpc) is 2.45. The molecule has 0 aliphatic carbocycles. The van der Waals surface area contributed by atoms with E-state index < -0.39 is 16.4 Å². The zero-order valence-electron chi connectivity index (χ0n) is 11.5. The van der Waals surface area contributed by atoms with Crippen molar-refractivity contribution >= 4 is 11.4 Å². The first kappa shape index (κ1) is 14.8. The van der Waals surface area contributed by atoms with Gasteiger partial charge < -0.3 is 10.1 Å². The maximum absolute atomic E-state index is 13.5. The van der Waals surface area contributed by atoms with Gasteiger partial charge in [0.1, 0.15) is 17.5 Å². The molecule has 1 N–H and O–H groups in total. The Hall–Kier alpha value is -2.63. The van der Waals surface area contributed by atoms with Crippen molar-refractivity contribution in [2.45, 2.75) is 13.0 Å². The van der Waals surface area contributed by atoms with Crippen molar-refractivity contribution < 1.29 is 14.1 Å². The highest BCUT2D eigenvalue weighted by atomic mass is 19.1. The zero-order valence-corrected chi connectivity index (χ0v) is 11.5. The Morgan fingerprint density at radius 1 is 1.24 bits per heavy atom. The number of anilines is 1. The summed E-state index contributed by atoms with van der Waals surface area (Å²) in [5.74, 6) is -0.151. The van der Waals surface area contributed by atoms with Crippen molar-refractivity contribution in [1.29, 1.82) is 0 Å². The standard InChI is InChI=1S/C15H15FN2O3/c1-11(21-12-6-3-2-4-7-12)10-17-14-9-5-8-13(16)15(14)18(19)20/h2-9,11,17H,10H2,1H3. The third-order valence-electron chi connectivity index (χ3n) is 2.83. The maximum atomic E-state index is 13.5. The van der Waals surface area contributed by atoms with Gasteiger partial charge in [-0.1, -0.05) is 24.3 Å². The van der Waals surface area contributed by atoms with Gasteiger partial charge in [-0.25, -0.2) is 0 Å². The first-order valence-corrected chi connectivity index (χ1v) is 6.46. The van der Waals surface area contributed by atoms with Crippen LogP contribution in [0, 0.1) is 15.9 Å². The number of nitro benzene ring substituents is 1. The van der Waals surface area contributed by atoms with Crippen LogP contribution in [0.3, 0.4) is 0 Å². The van der Waals surface area contributed by atoms with Gasteiger partial charge in [0, 0.05) is 0 Å². The highest BCUT2D eigenvalue weighted by Crippen LogP contribution is 2.27. The van der Waals surface area contributed by atoms with E-state index in [1.54, 1.807) is 0 Å². The highest BCUT2D eigenvalue weighted by Gasteiger charge is 2.20. The molecule has 1 unspecified atom stereocenters. The molecule has 0 bridgehead atoms. The molecule has 5 nitrogen and oxygen atoms in total. The predicted molar refractivity (Wildman–Crippen MR) is 78.1 cm³/mol. The minimum absolute atomic E-state index is 0.142. The summed E-state index contributed by atoms with van der Waals surface area (Å²) in [6.07, 6.45) is -0.227. The molecular formula is C15H15FN2O3.